The summed E-state index contributed by atoms with van der Waals surface area (Å²) < 4.78 is 32.1. The van der Waals surface area contributed by atoms with Gasteiger partial charge in [-0.1, -0.05) is 0 Å². The van der Waals surface area contributed by atoms with E-state index in [4.69, 9.17) is 13.8 Å². The molecule has 28 heavy (non-hydrogen) atoms. The second-order valence-electron chi connectivity index (χ2n) is 8.01. The molecule has 1 unspecified atom stereocenters. The summed E-state index contributed by atoms with van der Waals surface area (Å²) in [5.74, 6) is -0.445. The molecule has 0 aromatic heterocycles. The summed E-state index contributed by atoms with van der Waals surface area (Å²) in [5.41, 5.74) is 0. The minimum absolute atomic E-state index is 0.0256. The Morgan fingerprint density at radius 3 is 2.18 bits per heavy atom. The molecule has 1 aromatic rings. The van der Waals surface area contributed by atoms with Crippen molar-refractivity contribution in [2.24, 2.45) is 5.92 Å². The van der Waals surface area contributed by atoms with Crippen molar-refractivity contribution in [2.75, 3.05) is 19.8 Å². The number of esters is 1. The summed E-state index contributed by atoms with van der Waals surface area (Å²) in [5, 5.41) is -1.16. The summed E-state index contributed by atoms with van der Waals surface area (Å²) in [6, 6.07) is 10.4. The Morgan fingerprint density at radius 1 is 1.14 bits per heavy atom. The Bertz CT molecular complexity index is 698. The fraction of sp³-hybridized carbons (Fsp3) is 0.650. The average molecular weight is 491 g/mol. The van der Waals surface area contributed by atoms with Crippen molar-refractivity contribution in [2.45, 2.75) is 56.4 Å². The van der Waals surface area contributed by atoms with E-state index in [0.29, 0.717) is 10.9 Å². The molecule has 5 nitrogen and oxygen atoms in total. The first-order valence-corrected chi connectivity index (χ1v) is 16.9. The van der Waals surface area contributed by atoms with Crippen molar-refractivity contribution in [3.63, 3.8) is 0 Å². The van der Waals surface area contributed by atoms with Crippen LogP contribution in [0, 0.1) is 5.92 Å². The first-order chi connectivity index (χ1) is 13.2. The standard InChI is InChI=1S/C20H33O5PSeSi/c1-7-23-19(21)20(26(22,24-8-2)25-9-3)15-17(20)18(28(4,5)6)27-16-13-11-10-12-14-16/h10-14,17-18H,7-9,15H2,1-6H3/t17-,18?,20+/m1/s1. The predicted octanol–water partition coefficient (Wildman–Crippen LogP) is 4.27. The quantitative estimate of drug-likeness (QED) is 0.263. The van der Waals surface area contributed by atoms with Gasteiger partial charge < -0.3 is 0 Å². The maximum atomic E-state index is 13.8. The first kappa shape index (κ1) is 23.9. The summed E-state index contributed by atoms with van der Waals surface area (Å²) in [6.45, 7) is 13.1. The van der Waals surface area contributed by atoms with E-state index in [2.05, 4.69) is 43.9 Å². The molecule has 2 rings (SSSR count). The minimum atomic E-state index is -3.62. The number of ether oxygens (including phenoxy) is 1. The van der Waals surface area contributed by atoms with Crippen LogP contribution in [-0.2, 0) is 23.1 Å². The van der Waals surface area contributed by atoms with Gasteiger partial charge in [-0.05, 0) is 0 Å². The van der Waals surface area contributed by atoms with E-state index in [0.717, 1.165) is 0 Å². The Morgan fingerprint density at radius 2 is 1.71 bits per heavy atom. The van der Waals surface area contributed by atoms with Crippen LogP contribution in [0.2, 0.25) is 24.1 Å². The second-order valence-corrected chi connectivity index (χ2v) is 19.2. The van der Waals surface area contributed by atoms with Crippen LogP contribution < -0.4 is 4.46 Å². The van der Waals surface area contributed by atoms with Crippen molar-refractivity contribution in [3.05, 3.63) is 30.3 Å². The molecule has 0 heterocycles. The van der Waals surface area contributed by atoms with Crippen molar-refractivity contribution in [1.82, 2.24) is 0 Å². The van der Waals surface area contributed by atoms with Crippen LogP contribution in [0.3, 0.4) is 0 Å². The van der Waals surface area contributed by atoms with Gasteiger partial charge in [-0.2, -0.15) is 0 Å². The molecule has 1 aliphatic carbocycles. The summed E-state index contributed by atoms with van der Waals surface area (Å²) in [4.78, 5) is 13.1. The van der Waals surface area contributed by atoms with Crippen molar-refractivity contribution < 1.29 is 23.1 Å². The molecule has 0 amide bonds. The van der Waals surface area contributed by atoms with E-state index in [-0.39, 0.29) is 40.7 Å². The van der Waals surface area contributed by atoms with Gasteiger partial charge in [-0.25, -0.2) is 0 Å². The third kappa shape index (κ3) is 4.83. The predicted molar refractivity (Wildman–Crippen MR) is 117 cm³/mol. The van der Waals surface area contributed by atoms with Crippen LogP contribution >= 0.6 is 7.60 Å². The summed E-state index contributed by atoms with van der Waals surface area (Å²) in [7, 11) is -5.29. The molecule has 0 spiro atoms. The monoisotopic (exact) mass is 492 g/mol. The van der Waals surface area contributed by atoms with E-state index in [1.807, 2.05) is 6.07 Å². The molecule has 0 radical (unpaired) electrons. The van der Waals surface area contributed by atoms with E-state index < -0.39 is 26.8 Å². The van der Waals surface area contributed by atoms with Crippen LogP contribution in [0.4, 0.5) is 0 Å². The van der Waals surface area contributed by atoms with Crippen molar-refractivity contribution >= 4 is 41.1 Å². The summed E-state index contributed by atoms with van der Waals surface area (Å²) in [6.07, 6.45) is 0.520. The molecular formula is C20H33O5PSeSi. The molecule has 0 N–H and O–H groups in total. The van der Waals surface area contributed by atoms with Crippen LogP contribution in [0.1, 0.15) is 27.2 Å². The number of hydrogen-bond acceptors (Lipinski definition) is 5. The summed E-state index contributed by atoms with van der Waals surface area (Å²) >= 11 is 0.175. The molecule has 1 fully saturated rings. The van der Waals surface area contributed by atoms with Crippen molar-refractivity contribution in [1.29, 1.82) is 0 Å². The molecule has 0 bridgehead atoms. The van der Waals surface area contributed by atoms with Gasteiger partial charge in [0.15, 0.2) is 0 Å². The van der Waals surface area contributed by atoms with Gasteiger partial charge in [-0.15, -0.1) is 0 Å². The van der Waals surface area contributed by atoms with Crippen LogP contribution in [0.15, 0.2) is 30.3 Å². The number of carbonyl (C=O) groups is 1. The second kappa shape index (κ2) is 9.59. The number of hydrogen-bond donors (Lipinski definition) is 0. The Balaban J connectivity index is 2.45. The van der Waals surface area contributed by atoms with E-state index >= 15 is 0 Å². The van der Waals surface area contributed by atoms with Gasteiger partial charge >= 0.3 is 177 Å². The zero-order valence-corrected chi connectivity index (χ0v) is 21.4. The maximum absolute atomic E-state index is 13.8. The van der Waals surface area contributed by atoms with Gasteiger partial charge in [0.25, 0.3) is 0 Å². The molecule has 1 aromatic carbocycles. The topological polar surface area (TPSA) is 61.8 Å². The normalized spacial score (nSPS) is 23.3. The van der Waals surface area contributed by atoms with Gasteiger partial charge in [0.05, 0.1) is 0 Å². The van der Waals surface area contributed by atoms with Crippen LogP contribution in [-0.4, -0.2) is 54.0 Å². The fourth-order valence-electron chi connectivity index (χ4n) is 3.67. The van der Waals surface area contributed by atoms with E-state index in [9.17, 15) is 9.36 Å². The zero-order valence-electron chi connectivity index (χ0n) is 17.8. The van der Waals surface area contributed by atoms with Crippen LogP contribution in [0.5, 0.6) is 0 Å². The first-order valence-electron chi connectivity index (χ1n) is 9.94. The number of benzene rings is 1. The molecule has 8 heteroatoms. The van der Waals surface area contributed by atoms with E-state index in [1.165, 1.54) is 4.46 Å². The molecule has 1 aliphatic rings. The number of carbonyl (C=O) groups excluding carboxylic acids is 1. The van der Waals surface area contributed by atoms with Gasteiger partial charge in [0, 0.05) is 0 Å². The van der Waals surface area contributed by atoms with Gasteiger partial charge in [0.1, 0.15) is 0 Å². The fourth-order valence-corrected chi connectivity index (χ4v) is 13.7. The van der Waals surface area contributed by atoms with Gasteiger partial charge in [0.2, 0.25) is 0 Å². The van der Waals surface area contributed by atoms with Crippen molar-refractivity contribution in [3.8, 4) is 0 Å². The third-order valence-electron chi connectivity index (χ3n) is 4.93. The third-order valence-corrected chi connectivity index (χ3v) is 17.3. The molecule has 1 saturated carbocycles. The molecule has 158 valence electrons. The molecule has 0 saturated heterocycles. The SMILES string of the molecule is CCOC(=O)[C@]1(P(=O)(OCC)OCC)C[C@@H]1C([Se]c1ccccc1)[Si](C)(C)C. The Labute approximate surface area is 176 Å². The molecule has 3 atom stereocenters. The Hall–Kier alpha value is -0.424. The number of rotatable bonds is 11. The van der Waals surface area contributed by atoms with Gasteiger partial charge in [-0.3, -0.25) is 0 Å². The Kier molecular flexibility index (Phi) is 8.17. The van der Waals surface area contributed by atoms with E-state index in [1.54, 1.807) is 20.8 Å². The zero-order chi connectivity index (χ0) is 21.0. The molecule has 0 aliphatic heterocycles. The average Bonchev–Trinajstić information content (AvgIpc) is 3.37. The molecular weight excluding hydrogens is 458 g/mol. The van der Waals surface area contributed by atoms with Crippen LogP contribution in [0.25, 0.3) is 0 Å².